The molecular formula is C20H19F3N2O3S. The third-order valence-electron chi connectivity index (χ3n) is 4.49. The first-order chi connectivity index (χ1) is 13.5. The Bertz CT molecular complexity index is 1100. The summed E-state index contributed by atoms with van der Waals surface area (Å²) in [5.74, 6) is 0. The molecule has 0 saturated heterocycles. The third kappa shape index (κ3) is 4.51. The van der Waals surface area contributed by atoms with Crippen molar-refractivity contribution < 1.29 is 26.7 Å². The molecule has 3 rings (SSSR count). The summed E-state index contributed by atoms with van der Waals surface area (Å²) in [5.41, 5.74) is 0.532. The van der Waals surface area contributed by atoms with Gasteiger partial charge in [0, 0.05) is 11.8 Å². The summed E-state index contributed by atoms with van der Waals surface area (Å²) >= 11 is 0. The van der Waals surface area contributed by atoms with Crippen molar-refractivity contribution >= 4 is 9.84 Å². The molecule has 154 valence electrons. The SMILES string of the molecule is CCC(O)c1ccc(-n2nc(C(F)(F)F)cc2-c2ccc(S(C)(=O)=O)cc2)cc1. The number of hydrogen-bond acceptors (Lipinski definition) is 4. The van der Waals surface area contributed by atoms with E-state index in [0.29, 0.717) is 23.2 Å². The minimum Gasteiger partial charge on any atom is -0.388 e. The maximum Gasteiger partial charge on any atom is 0.435 e. The van der Waals surface area contributed by atoms with Crippen LogP contribution < -0.4 is 0 Å². The maximum atomic E-state index is 13.3. The molecule has 0 amide bonds. The van der Waals surface area contributed by atoms with Gasteiger partial charge in [0.1, 0.15) is 0 Å². The quantitative estimate of drug-likeness (QED) is 0.659. The standard InChI is InChI=1S/C20H19F3N2O3S/c1-3-18(26)14-4-8-15(9-5-14)25-17(12-19(24-25)20(21,22)23)13-6-10-16(11-7-13)29(2,27)28/h4-12,18,26H,3H2,1-2H3. The molecule has 0 aliphatic heterocycles. The first-order valence-electron chi connectivity index (χ1n) is 8.77. The number of aromatic nitrogens is 2. The van der Waals surface area contributed by atoms with Crippen LogP contribution in [-0.4, -0.2) is 29.6 Å². The Labute approximate surface area is 166 Å². The van der Waals surface area contributed by atoms with E-state index in [4.69, 9.17) is 0 Å². The summed E-state index contributed by atoms with van der Waals surface area (Å²) in [6.07, 6.45) is -3.72. The van der Waals surface area contributed by atoms with Crippen molar-refractivity contribution in [3.05, 3.63) is 65.9 Å². The lowest BCUT2D eigenvalue weighted by molar-refractivity contribution is -0.141. The Hall–Kier alpha value is -2.65. The molecule has 0 spiro atoms. The van der Waals surface area contributed by atoms with Crippen LogP contribution in [0.1, 0.15) is 30.7 Å². The van der Waals surface area contributed by atoms with Gasteiger partial charge >= 0.3 is 6.18 Å². The van der Waals surface area contributed by atoms with Crippen molar-refractivity contribution in [2.24, 2.45) is 0 Å². The van der Waals surface area contributed by atoms with E-state index in [1.807, 2.05) is 6.92 Å². The van der Waals surface area contributed by atoms with Gasteiger partial charge in [0.15, 0.2) is 15.5 Å². The molecule has 1 heterocycles. The average molecular weight is 424 g/mol. The first-order valence-corrected chi connectivity index (χ1v) is 10.7. The average Bonchev–Trinajstić information content (AvgIpc) is 3.13. The monoisotopic (exact) mass is 424 g/mol. The van der Waals surface area contributed by atoms with E-state index in [2.05, 4.69) is 5.10 Å². The predicted octanol–water partition coefficient (Wildman–Crippen LogP) is 4.41. The predicted molar refractivity (Wildman–Crippen MR) is 102 cm³/mol. The minimum absolute atomic E-state index is 0.0706. The van der Waals surface area contributed by atoms with E-state index in [1.54, 1.807) is 24.3 Å². The van der Waals surface area contributed by atoms with Crippen LogP contribution in [0.4, 0.5) is 13.2 Å². The molecule has 9 heteroatoms. The highest BCUT2D eigenvalue weighted by atomic mass is 32.2. The fraction of sp³-hybridized carbons (Fsp3) is 0.250. The molecule has 2 aromatic carbocycles. The van der Waals surface area contributed by atoms with Crippen LogP contribution >= 0.6 is 0 Å². The van der Waals surface area contributed by atoms with E-state index in [-0.39, 0.29) is 10.6 Å². The van der Waals surface area contributed by atoms with Gasteiger partial charge in [-0.1, -0.05) is 31.2 Å². The van der Waals surface area contributed by atoms with Gasteiger partial charge in [-0.05, 0) is 42.3 Å². The topological polar surface area (TPSA) is 72.2 Å². The Morgan fingerprint density at radius 1 is 1.07 bits per heavy atom. The number of nitrogens with zero attached hydrogens (tertiary/aromatic N) is 2. The van der Waals surface area contributed by atoms with Gasteiger partial charge in [-0.25, -0.2) is 13.1 Å². The van der Waals surface area contributed by atoms with E-state index in [9.17, 15) is 26.7 Å². The fourth-order valence-corrected chi connectivity index (χ4v) is 3.50. The number of halogens is 3. The molecule has 1 N–H and O–H groups in total. The number of hydrogen-bond donors (Lipinski definition) is 1. The molecule has 29 heavy (non-hydrogen) atoms. The molecule has 0 fully saturated rings. The number of alkyl halides is 3. The fourth-order valence-electron chi connectivity index (χ4n) is 2.87. The molecule has 1 unspecified atom stereocenters. The Kier molecular flexibility index (Phi) is 5.55. The summed E-state index contributed by atoms with van der Waals surface area (Å²) in [4.78, 5) is 0.0706. The number of sulfone groups is 1. The lowest BCUT2D eigenvalue weighted by Gasteiger charge is -2.11. The number of rotatable bonds is 5. The summed E-state index contributed by atoms with van der Waals surface area (Å²) < 4.78 is 64.2. The highest BCUT2D eigenvalue weighted by molar-refractivity contribution is 7.90. The zero-order valence-corrected chi connectivity index (χ0v) is 16.5. The molecule has 1 aromatic heterocycles. The first kappa shape index (κ1) is 21.1. The Balaban J connectivity index is 2.11. The van der Waals surface area contributed by atoms with Gasteiger partial charge in [0.05, 0.1) is 22.4 Å². The van der Waals surface area contributed by atoms with Crippen molar-refractivity contribution in [1.82, 2.24) is 9.78 Å². The number of aliphatic hydroxyl groups excluding tert-OH is 1. The van der Waals surface area contributed by atoms with Crippen LogP contribution in [0.3, 0.4) is 0 Å². The van der Waals surface area contributed by atoms with Crippen molar-refractivity contribution in [1.29, 1.82) is 0 Å². The summed E-state index contributed by atoms with van der Waals surface area (Å²) in [5, 5.41) is 13.6. The zero-order valence-electron chi connectivity index (χ0n) is 15.7. The molecule has 0 bridgehead atoms. The van der Waals surface area contributed by atoms with Crippen molar-refractivity contribution in [2.45, 2.75) is 30.5 Å². The number of aliphatic hydroxyl groups is 1. The van der Waals surface area contributed by atoms with Gasteiger partial charge in [0.2, 0.25) is 0 Å². The van der Waals surface area contributed by atoms with Crippen LogP contribution in [-0.2, 0) is 16.0 Å². The maximum absolute atomic E-state index is 13.3. The molecule has 0 saturated carbocycles. The van der Waals surface area contributed by atoms with Crippen molar-refractivity contribution in [3.8, 4) is 16.9 Å². The molecule has 3 aromatic rings. The second-order valence-corrected chi connectivity index (χ2v) is 8.65. The molecular weight excluding hydrogens is 405 g/mol. The largest absolute Gasteiger partial charge is 0.435 e. The van der Waals surface area contributed by atoms with Crippen LogP contribution in [0.15, 0.2) is 59.5 Å². The second kappa shape index (κ2) is 7.64. The molecule has 1 atom stereocenters. The van der Waals surface area contributed by atoms with Gasteiger partial charge in [0.25, 0.3) is 0 Å². The van der Waals surface area contributed by atoms with E-state index in [1.165, 1.54) is 24.3 Å². The number of benzene rings is 2. The summed E-state index contributed by atoms with van der Waals surface area (Å²) in [7, 11) is -3.42. The van der Waals surface area contributed by atoms with Gasteiger partial charge in [-0.15, -0.1) is 0 Å². The Morgan fingerprint density at radius 3 is 2.14 bits per heavy atom. The second-order valence-electron chi connectivity index (χ2n) is 6.64. The lowest BCUT2D eigenvalue weighted by atomic mass is 10.1. The van der Waals surface area contributed by atoms with Crippen LogP contribution in [0.5, 0.6) is 0 Å². The van der Waals surface area contributed by atoms with Crippen LogP contribution in [0, 0.1) is 0 Å². The summed E-state index contributed by atoms with van der Waals surface area (Å²) in [6.45, 7) is 1.82. The smallest absolute Gasteiger partial charge is 0.388 e. The molecule has 0 aliphatic carbocycles. The van der Waals surface area contributed by atoms with Gasteiger partial charge in [-0.3, -0.25) is 0 Å². The molecule has 0 radical (unpaired) electrons. The normalized spacial score (nSPS) is 13.4. The lowest BCUT2D eigenvalue weighted by Crippen LogP contribution is -2.07. The van der Waals surface area contributed by atoms with E-state index < -0.39 is 27.8 Å². The van der Waals surface area contributed by atoms with Gasteiger partial charge in [-0.2, -0.15) is 18.3 Å². The minimum atomic E-state index is -4.63. The Morgan fingerprint density at radius 2 is 1.66 bits per heavy atom. The third-order valence-corrected chi connectivity index (χ3v) is 5.62. The van der Waals surface area contributed by atoms with Gasteiger partial charge < -0.3 is 5.11 Å². The highest BCUT2D eigenvalue weighted by Crippen LogP contribution is 2.33. The van der Waals surface area contributed by atoms with Crippen molar-refractivity contribution in [2.75, 3.05) is 6.26 Å². The van der Waals surface area contributed by atoms with Crippen LogP contribution in [0.2, 0.25) is 0 Å². The molecule has 0 aliphatic rings. The summed E-state index contributed by atoms with van der Waals surface area (Å²) in [6, 6.07) is 12.9. The van der Waals surface area contributed by atoms with E-state index >= 15 is 0 Å². The van der Waals surface area contributed by atoms with Crippen LogP contribution in [0.25, 0.3) is 16.9 Å². The van der Waals surface area contributed by atoms with E-state index in [0.717, 1.165) is 17.0 Å². The highest BCUT2D eigenvalue weighted by Gasteiger charge is 2.35. The molecule has 5 nitrogen and oxygen atoms in total. The van der Waals surface area contributed by atoms with Crippen molar-refractivity contribution in [3.63, 3.8) is 0 Å². The zero-order chi connectivity index (χ0) is 21.4.